The average Bonchev–Trinajstić information content (AvgIpc) is 2.27. The highest BCUT2D eigenvalue weighted by atomic mass is 79.9. The van der Waals surface area contributed by atoms with E-state index in [1.165, 1.54) is 11.6 Å². The van der Waals surface area contributed by atoms with Crippen LogP contribution in [-0.2, 0) is 0 Å². The summed E-state index contributed by atoms with van der Waals surface area (Å²) in [6.07, 6.45) is 2.13. The van der Waals surface area contributed by atoms with Gasteiger partial charge in [0.25, 0.3) is 0 Å². The van der Waals surface area contributed by atoms with Crippen LogP contribution < -0.4 is 5.32 Å². The van der Waals surface area contributed by atoms with Gasteiger partial charge in [-0.15, -0.1) is 0 Å². The Balaban J connectivity index is 2.91. The number of hydrogen-bond donors (Lipinski definition) is 1. The molecule has 0 spiro atoms. The van der Waals surface area contributed by atoms with E-state index >= 15 is 0 Å². The molecule has 0 unspecified atom stereocenters. The molecule has 0 aliphatic carbocycles. The predicted molar refractivity (Wildman–Crippen MR) is 84.7 cm³/mol. The molecule has 0 fully saturated rings. The van der Waals surface area contributed by atoms with Crippen LogP contribution in [0.3, 0.4) is 0 Å². The lowest BCUT2D eigenvalue weighted by molar-refractivity contribution is 0.437. The van der Waals surface area contributed by atoms with Crippen molar-refractivity contribution in [3.63, 3.8) is 0 Å². The van der Waals surface area contributed by atoms with E-state index in [1.807, 2.05) is 6.07 Å². The fourth-order valence-corrected chi connectivity index (χ4v) is 2.00. The first-order valence-electron chi connectivity index (χ1n) is 6.59. The van der Waals surface area contributed by atoms with Gasteiger partial charge in [0.15, 0.2) is 0 Å². The Morgan fingerprint density at radius 1 is 1.37 bits per heavy atom. The normalized spacial score (nSPS) is 13.2. The quantitative estimate of drug-likeness (QED) is 0.819. The second kappa shape index (κ2) is 6.67. The summed E-state index contributed by atoms with van der Waals surface area (Å²) in [5.41, 5.74) is 2.43. The Morgan fingerprint density at radius 2 is 2.00 bits per heavy atom. The van der Waals surface area contributed by atoms with E-state index in [0.717, 1.165) is 12.1 Å². The Labute approximate surface area is 124 Å². The van der Waals surface area contributed by atoms with Crippen molar-refractivity contribution in [2.24, 2.45) is 5.92 Å². The highest BCUT2D eigenvalue weighted by Gasteiger charge is 2.11. The third kappa shape index (κ3) is 5.87. The first kappa shape index (κ1) is 16.4. The van der Waals surface area contributed by atoms with Crippen LogP contribution in [0, 0.1) is 11.7 Å². The standard InChI is InChI=1S/C16H23BrFN/c1-11(2)13(10-19-16(3,4)5)8-12-6-7-15(18)14(17)9-12/h6-9,11,19H,10H2,1-5H3. The van der Waals surface area contributed by atoms with E-state index in [-0.39, 0.29) is 11.4 Å². The lowest BCUT2D eigenvalue weighted by atomic mass is 9.98. The molecule has 0 saturated heterocycles. The molecule has 106 valence electrons. The summed E-state index contributed by atoms with van der Waals surface area (Å²) in [4.78, 5) is 0. The Kier molecular flexibility index (Phi) is 5.75. The Morgan fingerprint density at radius 3 is 2.47 bits per heavy atom. The van der Waals surface area contributed by atoms with Gasteiger partial charge in [-0.3, -0.25) is 0 Å². The van der Waals surface area contributed by atoms with Crippen molar-refractivity contribution in [2.45, 2.75) is 40.2 Å². The van der Waals surface area contributed by atoms with Crippen LogP contribution in [0.5, 0.6) is 0 Å². The van der Waals surface area contributed by atoms with Gasteiger partial charge in [0.2, 0.25) is 0 Å². The maximum absolute atomic E-state index is 13.2. The molecule has 0 aliphatic rings. The van der Waals surface area contributed by atoms with Crippen LogP contribution in [0.1, 0.15) is 40.2 Å². The van der Waals surface area contributed by atoms with E-state index in [4.69, 9.17) is 0 Å². The van der Waals surface area contributed by atoms with Crippen molar-refractivity contribution < 1.29 is 4.39 Å². The summed E-state index contributed by atoms with van der Waals surface area (Å²) in [6.45, 7) is 11.7. The van der Waals surface area contributed by atoms with Crippen molar-refractivity contribution >= 4 is 22.0 Å². The molecule has 0 atom stereocenters. The summed E-state index contributed by atoms with van der Waals surface area (Å²) in [7, 11) is 0. The number of benzene rings is 1. The number of halogens is 2. The summed E-state index contributed by atoms with van der Waals surface area (Å²) in [6, 6.07) is 5.11. The topological polar surface area (TPSA) is 12.0 Å². The average molecular weight is 328 g/mol. The second-order valence-electron chi connectivity index (χ2n) is 6.15. The van der Waals surface area contributed by atoms with Crippen molar-refractivity contribution in [1.29, 1.82) is 0 Å². The summed E-state index contributed by atoms with van der Waals surface area (Å²) in [5.74, 6) is 0.231. The maximum Gasteiger partial charge on any atom is 0.137 e. The Hall–Kier alpha value is -0.670. The molecule has 0 radical (unpaired) electrons. The monoisotopic (exact) mass is 327 g/mol. The van der Waals surface area contributed by atoms with E-state index in [2.05, 4.69) is 61.9 Å². The van der Waals surface area contributed by atoms with Gasteiger partial charge in [0, 0.05) is 12.1 Å². The minimum atomic E-state index is -0.226. The molecule has 0 amide bonds. The zero-order chi connectivity index (χ0) is 14.6. The first-order chi connectivity index (χ1) is 8.69. The van der Waals surface area contributed by atoms with Crippen LogP contribution in [0.4, 0.5) is 4.39 Å². The van der Waals surface area contributed by atoms with Gasteiger partial charge in [-0.25, -0.2) is 4.39 Å². The smallest absolute Gasteiger partial charge is 0.137 e. The molecule has 0 aliphatic heterocycles. The van der Waals surface area contributed by atoms with Gasteiger partial charge in [0.1, 0.15) is 5.82 Å². The molecule has 0 heterocycles. The van der Waals surface area contributed by atoms with E-state index in [9.17, 15) is 4.39 Å². The zero-order valence-corrected chi connectivity index (χ0v) is 13.9. The highest BCUT2D eigenvalue weighted by molar-refractivity contribution is 9.10. The van der Waals surface area contributed by atoms with Gasteiger partial charge in [-0.1, -0.05) is 31.6 Å². The molecule has 1 nitrogen and oxygen atoms in total. The molecule has 1 aromatic carbocycles. The molecule has 3 heteroatoms. The minimum Gasteiger partial charge on any atom is -0.308 e. The van der Waals surface area contributed by atoms with Gasteiger partial charge in [-0.05, 0) is 60.3 Å². The highest BCUT2D eigenvalue weighted by Crippen LogP contribution is 2.21. The lowest BCUT2D eigenvalue weighted by Crippen LogP contribution is -2.37. The molecule has 1 rings (SSSR count). The van der Waals surface area contributed by atoms with Gasteiger partial charge < -0.3 is 5.32 Å². The second-order valence-corrected chi connectivity index (χ2v) is 7.01. The third-order valence-corrected chi connectivity index (χ3v) is 3.47. The van der Waals surface area contributed by atoms with Crippen LogP contribution in [0.25, 0.3) is 6.08 Å². The van der Waals surface area contributed by atoms with Crippen LogP contribution in [0.2, 0.25) is 0 Å². The van der Waals surface area contributed by atoms with E-state index in [0.29, 0.717) is 10.4 Å². The largest absolute Gasteiger partial charge is 0.308 e. The minimum absolute atomic E-state index is 0.0946. The van der Waals surface area contributed by atoms with E-state index in [1.54, 1.807) is 6.07 Å². The van der Waals surface area contributed by atoms with Crippen molar-refractivity contribution in [1.82, 2.24) is 5.32 Å². The molecular weight excluding hydrogens is 305 g/mol. The Bertz CT molecular complexity index is 458. The molecule has 0 saturated carbocycles. The number of nitrogens with one attached hydrogen (secondary N) is 1. The predicted octanol–water partition coefficient (Wildman–Crippen LogP) is 5.02. The molecule has 0 aromatic heterocycles. The third-order valence-electron chi connectivity index (χ3n) is 2.86. The van der Waals surface area contributed by atoms with Crippen LogP contribution in [-0.4, -0.2) is 12.1 Å². The molecule has 1 N–H and O–H groups in total. The lowest BCUT2D eigenvalue weighted by Gasteiger charge is -2.23. The molecular formula is C16H23BrFN. The molecule has 19 heavy (non-hydrogen) atoms. The fourth-order valence-electron chi connectivity index (χ4n) is 1.61. The van der Waals surface area contributed by atoms with E-state index < -0.39 is 0 Å². The summed E-state index contributed by atoms with van der Waals surface area (Å²) in [5, 5.41) is 3.50. The van der Waals surface area contributed by atoms with Gasteiger partial charge >= 0.3 is 0 Å². The van der Waals surface area contributed by atoms with Crippen LogP contribution >= 0.6 is 15.9 Å². The van der Waals surface area contributed by atoms with Crippen molar-refractivity contribution in [3.8, 4) is 0 Å². The maximum atomic E-state index is 13.2. The molecule has 1 aromatic rings. The number of hydrogen-bond acceptors (Lipinski definition) is 1. The van der Waals surface area contributed by atoms with Gasteiger partial charge in [-0.2, -0.15) is 0 Å². The zero-order valence-electron chi connectivity index (χ0n) is 12.3. The van der Waals surface area contributed by atoms with Crippen molar-refractivity contribution in [3.05, 3.63) is 39.6 Å². The first-order valence-corrected chi connectivity index (χ1v) is 7.39. The van der Waals surface area contributed by atoms with Gasteiger partial charge in [0.05, 0.1) is 4.47 Å². The summed E-state index contributed by atoms with van der Waals surface area (Å²) >= 11 is 3.22. The SMILES string of the molecule is CC(C)C(=Cc1ccc(F)c(Br)c1)CNC(C)(C)C. The molecule has 0 bridgehead atoms. The fraction of sp³-hybridized carbons (Fsp3) is 0.500. The number of rotatable bonds is 4. The summed E-state index contributed by atoms with van der Waals surface area (Å²) < 4.78 is 13.7. The van der Waals surface area contributed by atoms with Crippen LogP contribution in [0.15, 0.2) is 28.2 Å². The van der Waals surface area contributed by atoms with Crippen molar-refractivity contribution in [2.75, 3.05) is 6.54 Å².